The van der Waals surface area contributed by atoms with Gasteiger partial charge in [-0.15, -0.1) is 5.10 Å². The van der Waals surface area contributed by atoms with Crippen LogP contribution in [0.5, 0.6) is 0 Å². The van der Waals surface area contributed by atoms with E-state index in [4.69, 9.17) is 0 Å². The Labute approximate surface area is 182 Å². The van der Waals surface area contributed by atoms with Gasteiger partial charge in [0.1, 0.15) is 0 Å². The second-order valence-corrected chi connectivity index (χ2v) is 8.08. The smallest absolute Gasteiger partial charge is 0.295 e. The van der Waals surface area contributed by atoms with Crippen molar-refractivity contribution < 1.29 is 4.79 Å². The highest BCUT2D eigenvalue weighted by Gasteiger charge is 2.20. The number of aryl methyl sites for hydroxylation is 5. The first kappa shape index (κ1) is 20.5. The normalized spacial score (nSPS) is 10.9. The fourth-order valence-corrected chi connectivity index (χ4v) is 3.51. The van der Waals surface area contributed by atoms with Crippen molar-refractivity contribution in [2.24, 2.45) is 0 Å². The highest BCUT2D eigenvalue weighted by Crippen LogP contribution is 2.25. The number of hydrogen-bond donors (Lipinski definition) is 1. The molecular weight excluding hydrogens is 384 g/mol. The summed E-state index contributed by atoms with van der Waals surface area (Å²) in [6.45, 7) is 10.2. The molecule has 0 aliphatic rings. The number of rotatable bonds is 4. The molecule has 1 amide bonds. The Morgan fingerprint density at radius 3 is 2.16 bits per heavy atom. The topological polar surface area (TPSA) is 59.8 Å². The standard InChI is InChI=1S/C26H26N4O/c1-16-6-10-21(11-7-16)25-28-24(26(31)27-22-12-9-18(3)19(4)15-22)29-30(25)23-13-8-17(2)14-20(23)5/h6-15H,1-5H3,(H,27,31). The maximum atomic E-state index is 13.0. The lowest BCUT2D eigenvalue weighted by atomic mass is 10.1. The molecule has 3 aromatic carbocycles. The molecule has 0 saturated carbocycles. The minimum absolute atomic E-state index is 0.133. The highest BCUT2D eigenvalue weighted by atomic mass is 16.2. The van der Waals surface area contributed by atoms with Crippen LogP contribution in [0.3, 0.4) is 0 Å². The SMILES string of the molecule is Cc1ccc(-c2nc(C(=O)Nc3ccc(C)c(C)c3)nn2-c2ccc(C)cc2C)cc1. The molecule has 0 unspecified atom stereocenters. The van der Waals surface area contributed by atoms with Crippen molar-refractivity contribution in [1.29, 1.82) is 0 Å². The summed E-state index contributed by atoms with van der Waals surface area (Å²) in [5.41, 5.74) is 8.23. The molecule has 0 aliphatic heterocycles. The van der Waals surface area contributed by atoms with Gasteiger partial charge in [0.15, 0.2) is 5.82 Å². The summed E-state index contributed by atoms with van der Waals surface area (Å²) in [7, 11) is 0. The first-order valence-electron chi connectivity index (χ1n) is 10.3. The zero-order chi connectivity index (χ0) is 22.1. The summed E-state index contributed by atoms with van der Waals surface area (Å²) in [4.78, 5) is 17.6. The molecule has 1 heterocycles. The number of amides is 1. The van der Waals surface area contributed by atoms with Gasteiger partial charge in [-0.1, -0.05) is 53.6 Å². The number of carbonyl (C=O) groups excluding carboxylic acids is 1. The largest absolute Gasteiger partial charge is 0.319 e. The van der Waals surface area contributed by atoms with Crippen LogP contribution in [0.1, 0.15) is 38.4 Å². The third-order valence-corrected chi connectivity index (χ3v) is 5.47. The molecule has 0 atom stereocenters. The molecule has 5 nitrogen and oxygen atoms in total. The van der Waals surface area contributed by atoms with E-state index < -0.39 is 0 Å². The molecule has 0 aliphatic carbocycles. The van der Waals surface area contributed by atoms with Crippen LogP contribution in [-0.4, -0.2) is 20.7 Å². The first-order valence-corrected chi connectivity index (χ1v) is 10.3. The third-order valence-electron chi connectivity index (χ3n) is 5.47. The molecule has 1 N–H and O–H groups in total. The summed E-state index contributed by atoms with van der Waals surface area (Å²) in [6, 6.07) is 20.1. The Bertz CT molecular complexity index is 1270. The fourth-order valence-electron chi connectivity index (χ4n) is 3.51. The van der Waals surface area contributed by atoms with Crippen LogP contribution in [0.25, 0.3) is 17.1 Å². The molecule has 0 radical (unpaired) electrons. The molecule has 0 spiro atoms. The average Bonchev–Trinajstić information content (AvgIpc) is 3.16. The minimum Gasteiger partial charge on any atom is -0.319 e. The maximum Gasteiger partial charge on any atom is 0.295 e. The Kier molecular flexibility index (Phi) is 5.42. The van der Waals surface area contributed by atoms with Crippen molar-refractivity contribution in [1.82, 2.24) is 14.8 Å². The van der Waals surface area contributed by atoms with Crippen molar-refractivity contribution >= 4 is 11.6 Å². The third kappa shape index (κ3) is 4.26. The monoisotopic (exact) mass is 410 g/mol. The van der Waals surface area contributed by atoms with Crippen LogP contribution in [0.4, 0.5) is 5.69 Å². The number of carbonyl (C=O) groups is 1. The van der Waals surface area contributed by atoms with E-state index in [-0.39, 0.29) is 11.7 Å². The Hall–Kier alpha value is -3.73. The van der Waals surface area contributed by atoms with Crippen LogP contribution in [-0.2, 0) is 0 Å². The van der Waals surface area contributed by atoms with Crippen molar-refractivity contribution in [3.63, 3.8) is 0 Å². The summed E-state index contributed by atoms with van der Waals surface area (Å²) in [5.74, 6) is 0.436. The summed E-state index contributed by atoms with van der Waals surface area (Å²) in [6.07, 6.45) is 0. The molecule has 1 aromatic heterocycles. The number of nitrogens with zero attached hydrogens (tertiary/aromatic N) is 3. The molecule has 4 aromatic rings. The quantitative estimate of drug-likeness (QED) is 0.467. The maximum absolute atomic E-state index is 13.0. The molecule has 0 fully saturated rings. The predicted molar refractivity (Wildman–Crippen MR) is 125 cm³/mol. The zero-order valence-electron chi connectivity index (χ0n) is 18.5. The zero-order valence-corrected chi connectivity index (χ0v) is 18.5. The van der Waals surface area contributed by atoms with Gasteiger partial charge in [-0.25, -0.2) is 9.67 Å². The van der Waals surface area contributed by atoms with Gasteiger partial charge in [0.05, 0.1) is 5.69 Å². The Balaban J connectivity index is 1.77. The summed E-state index contributed by atoms with van der Waals surface area (Å²) < 4.78 is 1.76. The van der Waals surface area contributed by atoms with Crippen LogP contribution >= 0.6 is 0 Å². The minimum atomic E-state index is -0.333. The lowest BCUT2D eigenvalue weighted by Gasteiger charge is -2.10. The summed E-state index contributed by atoms with van der Waals surface area (Å²) >= 11 is 0. The van der Waals surface area contributed by atoms with Gasteiger partial charge in [0, 0.05) is 11.3 Å². The van der Waals surface area contributed by atoms with Crippen LogP contribution < -0.4 is 5.32 Å². The van der Waals surface area contributed by atoms with Crippen molar-refractivity contribution in [3.8, 4) is 17.1 Å². The average molecular weight is 411 g/mol. The van der Waals surface area contributed by atoms with Crippen LogP contribution in [0.2, 0.25) is 0 Å². The van der Waals surface area contributed by atoms with Crippen LogP contribution in [0.15, 0.2) is 60.7 Å². The molecule has 0 saturated heterocycles. The van der Waals surface area contributed by atoms with E-state index in [1.807, 2.05) is 82.3 Å². The van der Waals surface area contributed by atoms with Crippen molar-refractivity contribution in [3.05, 3.63) is 94.3 Å². The van der Waals surface area contributed by atoms with Gasteiger partial charge < -0.3 is 5.32 Å². The molecule has 5 heteroatoms. The van der Waals surface area contributed by atoms with Crippen molar-refractivity contribution in [2.75, 3.05) is 5.32 Å². The van der Waals surface area contributed by atoms with E-state index in [0.717, 1.165) is 33.6 Å². The van der Waals surface area contributed by atoms with Gasteiger partial charge in [0.2, 0.25) is 5.82 Å². The second-order valence-electron chi connectivity index (χ2n) is 8.08. The number of benzene rings is 3. The van der Waals surface area contributed by atoms with Gasteiger partial charge in [-0.2, -0.15) is 0 Å². The lowest BCUT2D eigenvalue weighted by molar-refractivity contribution is 0.101. The molecule has 0 bridgehead atoms. The lowest BCUT2D eigenvalue weighted by Crippen LogP contribution is -2.14. The van der Waals surface area contributed by atoms with E-state index in [2.05, 4.69) is 28.4 Å². The second kappa shape index (κ2) is 8.19. The van der Waals surface area contributed by atoms with Crippen molar-refractivity contribution in [2.45, 2.75) is 34.6 Å². The number of anilines is 1. The molecule has 4 rings (SSSR count). The van der Waals surface area contributed by atoms with Gasteiger partial charge in [-0.05, 0) is 69.5 Å². The summed E-state index contributed by atoms with van der Waals surface area (Å²) in [5, 5.41) is 7.52. The molecule has 156 valence electrons. The predicted octanol–water partition coefficient (Wildman–Crippen LogP) is 5.73. The van der Waals surface area contributed by atoms with Crippen LogP contribution in [0, 0.1) is 34.6 Å². The number of hydrogen-bond acceptors (Lipinski definition) is 3. The molecular formula is C26H26N4O. The van der Waals surface area contributed by atoms with E-state index in [0.29, 0.717) is 5.82 Å². The van der Waals surface area contributed by atoms with Gasteiger partial charge in [-0.3, -0.25) is 4.79 Å². The number of nitrogens with one attached hydrogen (secondary N) is 1. The Morgan fingerprint density at radius 2 is 1.48 bits per heavy atom. The van der Waals surface area contributed by atoms with Gasteiger partial charge in [0.25, 0.3) is 5.91 Å². The number of aromatic nitrogens is 3. The highest BCUT2D eigenvalue weighted by molar-refractivity contribution is 6.01. The molecule has 31 heavy (non-hydrogen) atoms. The van der Waals surface area contributed by atoms with Gasteiger partial charge >= 0.3 is 0 Å². The van der Waals surface area contributed by atoms with E-state index in [9.17, 15) is 4.79 Å². The van der Waals surface area contributed by atoms with E-state index in [1.165, 1.54) is 11.1 Å². The fraction of sp³-hybridized carbons (Fsp3) is 0.192. The van der Waals surface area contributed by atoms with E-state index in [1.54, 1.807) is 4.68 Å². The van der Waals surface area contributed by atoms with E-state index >= 15 is 0 Å². The Morgan fingerprint density at radius 1 is 0.774 bits per heavy atom. The first-order chi connectivity index (χ1) is 14.8.